The Morgan fingerprint density at radius 2 is 1.38 bits per heavy atom. The highest BCUT2D eigenvalue weighted by atomic mass is 32.2. The number of nitrogen functional groups attached to an aromatic ring is 3. The van der Waals surface area contributed by atoms with Crippen molar-refractivity contribution in [1.82, 2.24) is 9.97 Å². The van der Waals surface area contributed by atoms with Crippen molar-refractivity contribution in [2.45, 2.75) is 22.8 Å². The van der Waals surface area contributed by atoms with E-state index >= 15 is 0 Å². The molecule has 10 nitrogen and oxygen atoms in total. The number of aromatic nitrogens is 2. The molecular weight excluding hydrogens is 494 g/mol. The molecule has 192 valence electrons. The van der Waals surface area contributed by atoms with Crippen LogP contribution in [-0.2, 0) is 22.9 Å². The summed E-state index contributed by atoms with van der Waals surface area (Å²) in [7, 11) is -0.597. The summed E-state index contributed by atoms with van der Waals surface area (Å²) in [6.45, 7) is 0.160. The standard InChI is InChI=1S/C26H27N5O5S/c1-34-22-12-17(11-18-14-30-26(29)31-25(18)28)13-23(35-2)24(22)36-15-16-3-7-20(8-4-16)37(32,33)21-9-5-19(27)6-10-21/h3-10,12-14H,11,15,27H2,1-2H3,(H4,28,29,30,31). The molecule has 0 aliphatic rings. The lowest BCUT2D eigenvalue weighted by Gasteiger charge is -2.17. The molecule has 0 radical (unpaired) electrons. The van der Waals surface area contributed by atoms with Gasteiger partial charge in [0.05, 0.1) is 24.0 Å². The van der Waals surface area contributed by atoms with Crippen molar-refractivity contribution in [2.24, 2.45) is 0 Å². The smallest absolute Gasteiger partial charge is 0.221 e. The minimum Gasteiger partial charge on any atom is -0.493 e. The molecule has 0 saturated carbocycles. The molecule has 0 aliphatic heterocycles. The van der Waals surface area contributed by atoms with E-state index in [9.17, 15) is 8.42 Å². The van der Waals surface area contributed by atoms with E-state index in [1.165, 1.54) is 26.4 Å². The summed E-state index contributed by atoms with van der Waals surface area (Å²) in [5, 5.41) is 0. The van der Waals surface area contributed by atoms with Crippen LogP contribution in [0.4, 0.5) is 17.5 Å². The topological polar surface area (TPSA) is 166 Å². The molecule has 0 bridgehead atoms. The van der Waals surface area contributed by atoms with Crippen LogP contribution in [0.2, 0.25) is 0 Å². The van der Waals surface area contributed by atoms with Crippen LogP contribution < -0.4 is 31.4 Å². The number of ether oxygens (including phenoxy) is 3. The summed E-state index contributed by atoms with van der Waals surface area (Å²) in [6, 6.07) is 16.2. The van der Waals surface area contributed by atoms with Gasteiger partial charge >= 0.3 is 0 Å². The van der Waals surface area contributed by atoms with E-state index in [0.29, 0.717) is 40.7 Å². The quantitative estimate of drug-likeness (QED) is 0.278. The number of hydrogen-bond donors (Lipinski definition) is 3. The maximum atomic E-state index is 12.9. The number of hydrogen-bond acceptors (Lipinski definition) is 10. The minimum absolute atomic E-state index is 0.107. The SMILES string of the molecule is COc1cc(Cc2cnc(N)nc2N)cc(OC)c1OCc1ccc(S(=O)(=O)c2ccc(N)cc2)cc1. The third-order valence-electron chi connectivity index (χ3n) is 5.64. The second kappa shape index (κ2) is 10.6. The lowest BCUT2D eigenvalue weighted by atomic mass is 10.1. The van der Waals surface area contributed by atoms with Gasteiger partial charge in [-0.05, 0) is 59.7 Å². The van der Waals surface area contributed by atoms with E-state index in [4.69, 9.17) is 31.4 Å². The Balaban J connectivity index is 1.52. The Morgan fingerprint density at radius 1 is 0.811 bits per heavy atom. The molecule has 1 aromatic heterocycles. The van der Waals surface area contributed by atoms with Crippen molar-refractivity contribution in [3.63, 3.8) is 0 Å². The van der Waals surface area contributed by atoms with Crippen LogP contribution in [-0.4, -0.2) is 32.6 Å². The van der Waals surface area contributed by atoms with Gasteiger partial charge in [0.2, 0.25) is 21.5 Å². The molecule has 11 heteroatoms. The van der Waals surface area contributed by atoms with Gasteiger partial charge in [-0.25, -0.2) is 13.4 Å². The third kappa shape index (κ3) is 5.67. The number of nitrogens with two attached hydrogens (primary N) is 3. The zero-order chi connectivity index (χ0) is 26.6. The lowest BCUT2D eigenvalue weighted by molar-refractivity contribution is 0.265. The van der Waals surface area contributed by atoms with Crippen LogP contribution in [0.3, 0.4) is 0 Å². The average Bonchev–Trinajstić information content (AvgIpc) is 2.89. The molecule has 4 rings (SSSR count). The monoisotopic (exact) mass is 521 g/mol. The summed E-state index contributed by atoms with van der Waals surface area (Å²) in [5.74, 6) is 1.75. The van der Waals surface area contributed by atoms with Crippen molar-refractivity contribution in [2.75, 3.05) is 31.4 Å². The molecule has 0 unspecified atom stereocenters. The van der Waals surface area contributed by atoms with E-state index in [1.54, 1.807) is 42.6 Å². The maximum absolute atomic E-state index is 12.9. The van der Waals surface area contributed by atoms with E-state index in [1.807, 2.05) is 12.1 Å². The summed E-state index contributed by atoms with van der Waals surface area (Å²) >= 11 is 0. The van der Waals surface area contributed by atoms with E-state index in [2.05, 4.69) is 9.97 Å². The Hall–Kier alpha value is -4.51. The lowest BCUT2D eigenvalue weighted by Crippen LogP contribution is -2.05. The Kier molecular flexibility index (Phi) is 7.35. The largest absolute Gasteiger partial charge is 0.493 e. The van der Waals surface area contributed by atoms with Crippen molar-refractivity contribution in [3.05, 3.63) is 83.6 Å². The zero-order valence-electron chi connectivity index (χ0n) is 20.3. The number of anilines is 3. The molecule has 0 aliphatic carbocycles. The van der Waals surface area contributed by atoms with Crippen LogP contribution in [0.15, 0.2) is 76.7 Å². The van der Waals surface area contributed by atoms with Gasteiger partial charge in [-0.3, -0.25) is 0 Å². The molecule has 0 amide bonds. The normalized spacial score (nSPS) is 11.2. The first-order valence-electron chi connectivity index (χ1n) is 11.2. The van der Waals surface area contributed by atoms with E-state index in [0.717, 1.165) is 11.1 Å². The van der Waals surface area contributed by atoms with E-state index < -0.39 is 9.84 Å². The highest BCUT2D eigenvalue weighted by Crippen LogP contribution is 2.40. The van der Waals surface area contributed by atoms with Gasteiger partial charge in [-0.15, -0.1) is 0 Å². The predicted octanol–water partition coefficient (Wildman–Crippen LogP) is 3.24. The van der Waals surface area contributed by atoms with Gasteiger partial charge in [0.25, 0.3) is 0 Å². The predicted molar refractivity (Wildman–Crippen MR) is 140 cm³/mol. The maximum Gasteiger partial charge on any atom is 0.221 e. The second-order valence-corrected chi connectivity index (χ2v) is 10.1. The van der Waals surface area contributed by atoms with Crippen molar-refractivity contribution in [3.8, 4) is 17.2 Å². The molecular formula is C26H27N5O5S. The number of rotatable bonds is 9. The molecule has 6 N–H and O–H groups in total. The Bertz CT molecular complexity index is 1480. The van der Waals surface area contributed by atoms with Gasteiger partial charge in [-0.1, -0.05) is 12.1 Å². The van der Waals surface area contributed by atoms with E-state index in [-0.39, 0.29) is 22.3 Å². The number of benzene rings is 3. The van der Waals surface area contributed by atoms with Crippen molar-refractivity contribution < 1.29 is 22.6 Å². The van der Waals surface area contributed by atoms with Gasteiger partial charge in [0.15, 0.2) is 11.5 Å². The highest BCUT2D eigenvalue weighted by Gasteiger charge is 2.19. The zero-order valence-corrected chi connectivity index (χ0v) is 21.2. The molecule has 0 fully saturated rings. The Morgan fingerprint density at radius 3 is 1.92 bits per heavy atom. The first kappa shape index (κ1) is 25.6. The summed E-state index contributed by atoms with van der Waals surface area (Å²) in [6.07, 6.45) is 2.02. The van der Waals surface area contributed by atoms with Crippen LogP contribution >= 0.6 is 0 Å². The minimum atomic E-state index is -3.66. The molecule has 0 saturated heterocycles. The average molecular weight is 522 g/mol. The van der Waals surface area contributed by atoms with Crippen molar-refractivity contribution in [1.29, 1.82) is 0 Å². The summed E-state index contributed by atoms with van der Waals surface area (Å²) in [5.41, 5.74) is 20.0. The highest BCUT2D eigenvalue weighted by molar-refractivity contribution is 7.91. The number of nitrogens with zero attached hydrogens (tertiary/aromatic N) is 2. The first-order valence-corrected chi connectivity index (χ1v) is 12.6. The Labute approximate surface area is 214 Å². The second-order valence-electron chi connectivity index (χ2n) is 8.15. The number of methoxy groups -OCH3 is 2. The fourth-order valence-corrected chi connectivity index (χ4v) is 4.93. The molecule has 3 aromatic carbocycles. The summed E-state index contributed by atoms with van der Waals surface area (Å²) in [4.78, 5) is 8.34. The molecule has 4 aromatic rings. The first-order chi connectivity index (χ1) is 17.7. The molecule has 0 spiro atoms. The fraction of sp³-hybridized carbons (Fsp3) is 0.154. The van der Waals surface area contributed by atoms with Gasteiger partial charge in [-0.2, -0.15) is 4.98 Å². The van der Waals surface area contributed by atoms with Gasteiger partial charge in [0.1, 0.15) is 12.4 Å². The summed E-state index contributed by atoms with van der Waals surface area (Å²) < 4.78 is 42.9. The third-order valence-corrected chi connectivity index (χ3v) is 7.42. The van der Waals surface area contributed by atoms with Crippen molar-refractivity contribution >= 4 is 27.3 Å². The van der Waals surface area contributed by atoms with Gasteiger partial charge in [0, 0.05) is 23.9 Å². The number of sulfone groups is 1. The fourth-order valence-electron chi connectivity index (χ4n) is 3.67. The van der Waals surface area contributed by atoms with Gasteiger partial charge < -0.3 is 31.4 Å². The molecule has 1 heterocycles. The van der Waals surface area contributed by atoms with Crippen LogP contribution in [0.25, 0.3) is 0 Å². The van der Waals surface area contributed by atoms with Crippen LogP contribution in [0.1, 0.15) is 16.7 Å². The molecule has 37 heavy (non-hydrogen) atoms. The van der Waals surface area contributed by atoms with Crippen LogP contribution in [0.5, 0.6) is 17.2 Å². The van der Waals surface area contributed by atoms with Crippen LogP contribution in [0, 0.1) is 0 Å². The molecule has 0 atom stereocenters.